The molecule has 1 aromatic rings. The first kappa shape index (κ1) is 14.9. The maximum absolute atomic E-state index is 12.4. The molecule has 0 saturated heterocycles. The number of hydrogen-bond donors (Lipinski definition) is 2. The molecule has 0 spiro atoms. The van der Waals surface area contributed by atoms with Crippen LogP contribution in [0.2, 0.25) is 0 Å². The number of anilines is 1. The van der Waals surface area contributed by atoms with E-state index in [0.717, 1.165) is 29.7 Å². The predicted molar refractivity (Wildman–Crippen MR) is 84.3 cm³/mol. The number of carbonyl (C=O) groups excluding carboxylic acids is 1. The lowest BCUT2D eigenvalue weighted by Crippen LogP contribution is -2.35. The lowest BCUT2D eigenvalue weighted by atomic mass is 9.96. The first-order valence-electron chi connectivity index (χ1n) is 7.80. The monoisotopic (exact) mass is 274 g/mol. The summed E-state index contributed by atoms with van der Waals surface area (Å²) in [6, 6.07) is 6.25. The van der Waals surface area contributed by atoms with Crippen LogP contribution in [0.1, 0.15) is 60.9 Å². The Kier molecular flexibility index (Phi) is 5.45. The minimum absolute atomic E-state index is 0.0794. The normalized spacial score (nSPS) is 17.1. The van der Waals surface area contributed by atoms with Gasteiger partial charge in [-0.2, -0.15) is 0 Å². The summed E-state index contributed by atoms with van der Waals surface area (Å²) in [6.07, 6.45) is 8.69. The lowest BCUT2D eigenvalue weighted by molar-refractivity contribution is 0.0930. The molecule has 3 heteroatoms. The Morgan fingerprint density at radius 3 is 2.35 bits per heavy atom. The summed E-state index contributed by atoms with van der Waals surface area (Å²) in [5.41, 5.74) is 2.87. The SMILES string of the molecule is CNc1ccc(C(=O)NC2CCCCCCC2)c(C)c1. The van der Waals surface area contributed by atoms with Gasteiger partial charge in [-0.25, -0.2) is 0 Å². The molecule has 1 saturated carbocycles. The van der Waals surface area contributed by atoms with Gasteiger partial charge in [0.25, 0.3) is 5.91 Å². The summed E-state index contributed by atoms with van der Waals surface area (Å²) in [4.78, 5) is 12.4. The van der Waals surface area contributed by atoms with Gasteiger partial charge in [-0.3, -0.25) is 4.79 Å². The maximum atomic E-state index is 12.4. The molecule has 0 radical (unpaired) electrons. The molecule has 0 atom stereocenters. The molecular weight excluding hydrogens is 248 g/mol. The Hall–Kier alpha value is -1.51. The van der Waals surface area contributed by atoms with Crippen molar-refractivity contribution in [2.75, 3.05) is 12.4 Å². The van der Waals surface area contributed by atoms with Gasteiger partial charge < -0.3 is 10.6 Å². The summed E-state index contributed by atoms with van der Waals surface area (Å²) in [7, 11) is 1.89. The number of rotatable bonds is 3. The van der Waals surface area contributed by atoms with Crippen LogP contribution in [0.25, 0.3) is 0 Å². The standard InChI is InChI=1S/C17H26N2O/c1-13-12-15(18-2)10-11-16(13)17(20)19-14-8-6-4-3-5-7-9-14/h10-12,14,18H,3-9H2,1-2H3,(H,19,20). The lowest BCUT2D eigenvalue weighted by Gasteiger charge is -2.21. The van der Waals surface area contributed by atoms with Crippen LogP contribution in [0.4, 0.5) is 5.69 Å². The van der Waals surface area contributed by atoms with Gasteiger partial charge in [-0.15, -0.1) is 0 Å². The minimum atomic E-state index is 0.0794. The highest BCUT2D eigenvalue weighted by atomic mass is 16.1. The molecule has 2 rings (SSSR count). The maximum Gasteiger partial charge on any atom is 0.251 e. The van der Waals surface area contributed by atoms with E-state index >= 15 is 0 Å². The van der Waals surface area contributed by atoms with Gasteiger partial charge in [0, 0.05) is 24.3 Å². The van der Waals surface area contributed by atoms with Gasteiger partial charge in [0.05, 0.1) is 0 Å². The molecule has 1 aliphatic carbocycles. The molecule has 1 aromatic carbocycles. The number of carbonyl (C=O) groups is 1. The van der Waals surface area contributed by atoms with E-state index < -0.39 is 0 Å². The smallest absolute Gasteiger partial charge is 0.251 e. The van der Waals surface area contributed by atoms with Crippen molar-refractivity contribution in [1.82, 2.24) is 5.32 Å². The van der Waals surface area contributed by atoms with Gasteiger partial charge in [0.15, 0.2) is 0 Å². The van der Waals surface area contributed by atoms with Crippen LogP contribution in [-0.2, 0) is 0 Å². The van der Waals surface area contributed by atoms with E-state index in [0.29, 0.717) is 6.04 Å². The number of nitrogens with one attached hydrogen (secondary N) is 2. The van der Waals surface area contributed by atoms with E-state index in [4.69, 9.17) is 0 Å². The largest absolute Gasteiger partial charge is 0.388 e. The highest BCUT2D eigenvalue weighted by Crippen LogP contribution is 2.19. The van der Waals surface area contributed by atoms with Crippen molar-refractivity contribution in [2.45, 2.75) is 57.9 Å². The third-order valence-corrected chi connectivity index (χ3v) is 4.20. The molecule has 0 aromatic heterocycles. The van der Waals surface area contributed by atoms with Crippen LogP contribution in [0.3, 0.4) is 0 Å². The second kappa shape index (κ2) is 7.32. The average Bonchev–Trinajstić information content (AvgIpc) is 2.41. The van der Waals surface area contributed by atoms with Crippen LogP contribution in [0, 0.1) is 6.92 Å². The molecule has 1 aliphatic rings. The van der Waals surface area contributed by atoms with Crippen LogP contribution in [0.5, 0.6) is 0 Å². The van der Waals surface area contributed by atoms with E-state index in [1.54, 1.807) is 0 Å². The Morgan fingerprint density at radius 1 is 1.10 bits per heavy atom. The van der Waals surface area contributed by atoms with Gasteiger partial charge >= 0.3 is 0 Å². The van der Waals surface area contributed by atoms with Gasteiger partial charge in [0.2, 0.25) is 0 Å². The Labute approximate surface area is 122 Å². The fraction of sp³-hybridized carbons (Fsp3) is 0.588. The van der Waals surface area contributed by atoms with Crippen LogP contribution in [-0.4, -0.2) is 19.0 Å². The van der Waals surface area contributed by atoms with Crippen molar-refractivity contribution in [3.05, 3.63) is 29.3 Å². The fourth-order valence-electron chi connectivity index (χ4n) is 2.94. The first-order valence-corrected chi connectivity index (χ1v) is 7.80. The van der Waals surface area contributed by atoms with Crippen molar-refractivity contribution < 1.29 is 4.79 Å². The third kappa shape index (κ3) is 3.99. The molecule has 0 heterocycles. The number of amides is 1. The molecule has 2 N–H and O–H groups in total. The number of benzene rings is 1. The number of hydrogen-bond acceptors (Lipinski definition) is 2. The Bertz CT molecular complexity index is 448. The molecule has 1 fully saturated rings. The summed E-state index contributed by atoms with van der Waals surface area (Å²) < 4.78 is 0. The fourth-order valence-corrected chi connectivity index (χ4v) is 2.94. The first-order chi connectivity index (χ1) is 9.70. The second-order valence-electron chi connectivity index (χ2n) is 5.80. The third-order valence-electron chi connectivity index (χ3n) is 4.20. The summed E-state index contributed by atoms with van der Waals surface area (Å²) in [6.45, 7) is 1.99. The average molecular weight is 274 g/mol. The zero-order chi connectivity index (χ0) is 14.4. The summed E-state index contributed by atoms with van der Waals surface area (Å²) in [5, 5.41) is 6.32. The van der Waals surface area contributed by atoms with Gasteiger partial charge in [-0.1, -0.05) is 32.1 Å². The van der Waals surface area contributed by atoms with Crippen molar-refractivity contribution in [1.29, 1.82) is 0 Å². The van der Waals surface area contributed by atoms with E-state index in [9.17, 15) is 4.79 Å². The predicted octanol–water partition coefficient (Wildman–Crippen LogP) is 3.88. The molecule has 20 heavy (non-hydrogen) atoms. The quantitative estimate of drug-likeness (QED) is 0.878. The second-order valence-corrected chi connectivity index (χ2v) is 5.80. The van der Waals surface area contributed by atoms with Crippen LogP contribution < -0.4 is 10.6 Å². The highest BCUT2D eigenvalue weighted by Gasteiger charge is 2.16. The molecule has 1 amide bonds. The number of aryl methyl sites for hydroxylation is 1. The minimum Gasteiger partial charge on any atom is -0.388 e. The molecule has 0 unspecified atom stereocenters. The van der Waals surface area contributed by atoms with Crippen molar-refractivity contribution in [3.8, 4) is 0 Å². The van der Waals surface area contributed by atoms with Gasteiger partial charge in [0.1, 0.15) is 0 Å². The molecule has 0 aliphatic heterocycles. The molecular formula is C17H26N2O. The van der Waals surface area contributed by atoms with Crippen molar-refractivity contribution >= 4 is 11.6 Å². The van der Waals surface area contributed by atoms with E-state index in [1.807, 2.05) is 32.2 Å². The molecule has 3 nitrogen and oxygen atoms in total. The Morgan fingerprint density at radius 2 is 1.75 bits per heavy atom. The molecule has 0 bridgehead atoms. The van der Waals surface area contributed by atoms with E-state index in [1.165, 1.54) is 32.1 Å². The van der Waals surface area contributed by atoms with E-state index in [2.05, 4.69) is 10.6 Å². The zero-order valence-corrected chi connectivity index (χ0v) is 12.7. The summed E-state index contributed by atoms with van der Waals surface area (Å²) in [5.74, 6) is 0.0794. The summed E-state index contributed by atoms with van der Waals surface area (Å²) >= 11 is 0. The van der Waals surface area contributed by atoms with Crippen LogP contribution >= 0.6 is 0 Å². The highest BCUT2D eigenvalue weighted by molar-refractivity contribution is 5.96. The van der Waals surface area contributed by atoms with Gasteiger partial charge in [-0.05, 0) is 43.5 Å². The van der Waals surface area contributed by atoms with E-state index in [-0.39, 0.29) is 5.91 Å². The van der Waals surface area contributed by atoms with Crippen molar-refractivity contribution in [2.24, 2.45) is 0 Å². The molecule has 110 valence electrons. The topological polar surface area (TPSA) is 41.1 Å². The Balaban J connectivity index is 1.99. The zero-order valence-electron chi connectivity index (χ0n) is 12.7. The van der Waals surface area contributed by atoms with Crippen LogP contribution in [0.15, 0.2) is 18.2 Å². The van der Waals surface area contributed by atoms with Crippen molar-refractivity contribution in [3.63, 3.8) is 0 Å².